The number of aliphatic hydroxyl groups is 1. The van der Waals surface area contributed by atoms with Gasteiger partial charge in [0.2, 0.25) is 0 Å². The fourth-order valence-electron chi connectivity index (χ4n) is 6.54. The summed E-state index contributed by atoms with van der Waals surface area (Å²) in [6, 6.07) is 18.1. The first-order chi connectivity index (χ1) is 29.1. The van der Waals surface area contributed by atoms with Crippen LogP contribution in [-0.4, -0.2) is 123 Å². The Kier molecular flexibility index (Phi) is 15.4. The molecule has 5 unspecified atom stereocenters. The van der Waals surface area contributed by atoms with E-state index in [2.05, 4.69) is 22.6 Å². The first kappa shape index (κ1) is 48.5. The van der Waals surface area contributed by atoms with Crippen molar-refractivity contribution in [2.75, 3.05) is 66.0 Å². The first-order valence-corrected chi connectivity index (χ1v) is 25.4. The Bertz CT molecular complexity index is 2610. The third-order valence-electron chi connectivity index (χ3n) is 8.82. The number of benzene rings is 5. The molecule has 1 aliphatic rings. The molecule has 0 fully saturated rings. The van der Waals surface area contributed by atoms with Gasteiger partial charge in [0, 0.05) is 16.5 Å². The zero-order valence-electron chi connectivity index (χ0n) is 31.8. The number of phosphoric ester groups is 5. The Labute approximate surface area is 349 Å². The van der Waals surface area contributed by atoms with Crippen molar-refractivity contribution >= 4 is 94.0 Å². The number of rotatable bonds is 25. The van der Waals surface area contributed by atoms with Crippen molar-refractivity contribution < 1.29 is 108 Å². The van der Waals surface area contributed by atoms with E-state index in [9.17, 15) is 52.0 Å². The molecule has 0 aliphatic carbocycles. The maximum Gasteiger partial charge on any atom is 0.472 e. The summed E-state index contributed by atoms with van der Waals surface area (Å²) in [4.78, 5) is 86.5. The number of phosphoric acid groups is 5. The van der Waals surface area contributed by atoms with E-state index in [4.69, 9.17) is 33.0 Å². The summed E-state index contributed by atoms with van der Waals surface area (Å²) in [5, 5.41) is 15.0. The monoisotopic (exact) mass is 971 g/mol. The van der Waals surface area contributed by atoms with Crippen LogP contribution in [0.25, 0.3) is 43.1 Å². The van der Waals surface area contributed by atoms with E-state index >= 15 is 0 Å². The van der Waals surface area contributed by atoms with Gasteiger partial charge in [-0.15, -0.1) is 0 Å². The molecule has 1 heterocycles. The van der Waals surface area contributed by atoms with Gasteiger partial charge in [-0.2, -0.15) is 0 Å². The van der Waals surface area contributed by atoms with Gasteiger partial charge in [-0.05, 0) is 49.8 Å². The summed E-state index contributed by atoms with van der Waals surface area (Å²) >= 11 is 0. The molecular weight excluding hydrogens is 933 g/mol. The van der Waals surface area contributed by atoms with Crippen LogP contribution in [-0.2, 0) is 63.5 Å². The summed E-state index contributed by atoms with van der Waals surface area (Å²) in [6.45, 7) is -8.35. The molecule has 62 heavy (non-hydrogen) atoms. The topological polar surface area (TPSA) is 347 Å². The highest BCUT2D eigenvalue weighted by atomic mass is 31.2. The first-order valence-electron chi connectivity index (χ1n) is 17.9. The van der Waals surface area contributed by atoms with E-state index in [1.807, 2.05) is 36.4 Å². The summed E-state index contributed by atoms with van der Waals surface area (Å²) in [6.07, 6.45) is -1.94. The number of hydrogen-bond donors (Lipinski definition) is 7. The number of fused-ring (bicyclic) bond motifs is 2. The Morgan fingerprint density at radius 1 is 0.484 bits per heavy atom. The standard InChI is InChI=1S/C33H38NO23P5/c35-11-12-50-59(41,42)52-15-16-54-61(45,46)56-20-22(57-62(47,48)55-18-17-53-60(43,44)51-14-13-49-58(38,39)40)19-34-32(36)27-9-7-25-23-5-1-3-21-4-2-6-24(29(21)23)26-8-10-28(33(34)37)31(27)30(25)26/h1-10,22,35H,11-20H2,(H,41,42)(H,43,44)(H,45,46)(H,47,48)(H2,38,39,40). The van der Waals surface area contributed by atoms with Crippen LogP contribution < -0.4 is 0 Å². The molecule has 0 bridgehead atoms. The lowest BCUT2D eigenvalue weighted by Crippen LogP contribution is -2.46. The van der Waals surface area contributed by atoms with Gasteiger partial charge in [0.15, 0.2) is 0 Å². The Balaban J connectivity index is 1.19. The molecule has 24 nitrogen and oxygen atoms in total. The summed E-state index contributed by atoms with van der Waals surface area (Å²) in [5.74, 6) is -1.75. The Morgan fingerprint density at radius 2 is 0.903 bits per heavy atom. The lowest BCUT2D eigenvalue weighted by atomic mass is 9.85. The molecule has 5 aromatic rings. The highest BCUT2D eigenvalue weighted by Crippen LogP contribution is 2.50. The van der Waals surface area contributed by atoms with Crippen LogP contribution in [0.2, 0.25) is 0 Å². The molecule has 5 aromatic carbocycles. The highest BCUT2D eigenvalue weighted by molar-refractivity contribution is 7.48. The van der Waals surface area contributed by atoms with E-state index in [-0.39, 0.29) is 11.1 Å². The van der Waals surface area contributed by atoms with Crippen molar-refractivity contribution in [1.82, 2.24) is 4.90 Å². The quantitative estimate of drug-likeness (QED) is 0.0141. The second kappa shape index (κ2) is 19.7. The summed E-state index contributed by atoms with van der Waals surface area (Å²) < 4.78 is 102. The third kappa shape index (κ3) is 12.0. The number of carbonyl (C=O) groups excluding carboxylic acids is 2. The molecule has 0 spiro atoms. The molecule has 7 N–H and O–H groups in total. The van der Waals surface area contributed by atoms with Crippen LogP contribution in [0.4, 0.5) is 0 Å². The minimum absolute atomic E-state index is 0.0799. The Morgan fingerprint density at radius 3 is 1.37 bits per heavy atom. The van der Waals surface area contributed by atoms with Crippen molar-refractivity contribution in [1.29, 1.82) is 0 Å². The minimum atomic E-state index is -5.34. The zero-order chi connectivity index (χ0) is 45.1. The van der Waals surface area contributed by atoms with Crippen molar-refractivity contribution in [2.24, 2.45) is 0 Å². The SMILES string of the molecule is O=C1c2ccc3c4cccc5cccc(c6ccc(c2c36)C(=O)N1CC(COP(=O)(O)OCCOP(=O)(O)OCCO)OP(=O)(O)OCCOP(=O)(O)OCCOP(=O)(O)O)c54. The fraction of sp³-hybridized carbons (Fsp3) is 0.333. The van der Waals surface area contributed by atoms with Crippen LogP contribution in [0.1, 0.15) is 20.7 Å². The highest BCUT2D eigenvalue weighted by Gasteiger charge is 2.39. The van der Waals surface area contributed by atoms with Crippen LogP contribution >= 0.6 is 39.1 Å². The number of amides is 2. The third-order valence-corrected chi connectivity index (χ3v) is 13.4. The lowest BCUT2D eigenvalue weighted by molar-refractivity contribution is 0.0243. The van der Waals surface area contributed by atoms with E-state index < -0.39 is 123 Å². The molecule has 0 saturated heterocycles. The van der Waals surface area contributed by atoms with Crippen LogP contribution in [0.15, 0.2) is 60.7 Å². The molecule has 5 atom stereocenters. The van der Waals surface area contributed by atoms with Crippen LogP contribution in [0, 0.1) is 0 Å². The molecule has 6 rings (SSSR count). The van der Waals surface area contributed by atoms with Gasteiger partial charge in [-0.1, -0.05) is 48.5 Å². The zero-order valence-corrected chi connectivity index (χ0v) is 36.2. The number of carbonyl (C=O) groups is 2. The van der Waals surface area contributed by atoms with Crippen LogP contribution in [0.3, 0.4) is 0 Å². The summed E-state index contributed by atoms with van der Waals surface area (Å²) in [7, 11) is -25.0. The van der Waals surface area contributed by atoms with E-state index in [1.165, 1.54) is 12.1 Å². The van der Waals surface area contributed by atoms with Crippen molar-refractivity contribution in [2.45, 2.75) is 6.10 Å². The predicted molar refractivity (Wildman–Crippen MR) is 214 cm³/mol. The Hall–Kier alpha value is -2.95. The molecule has 2 amide bonds. The molecule has 0 aromatic heterocycles. The van der Waals surface area contributed by atoms with E-state index in [0.717, 1.165) is 32.3 Å². The molecule has 338 valence electrons. The van der Waals surface area contributed by atoms with E-state index in [0.29, 0.717) is 15.7 Å². The van der Waals surface area contributed by atoms with Gasteiger partial charge in [0.25, 0.3) is 11.8 Å². The van der Waals surface area contributed by atoms with Gasteiger partial charge in [-0.3, -0.25) is 55.2 Å². The van der Waals surface area contributed by atoms with Crippen molar-refractivity contribution in [3.8, 4) is 0 Å². The smallest absolute Gasteiger partial charge is 0.394 e. The normalized spacial score (nSPS) is 18.0. The average molecular weight is 972 g/mol. The number of aliphatic hydroxyl groups excluding tert-OH is 1. The minimum Gasteiger partial charge on any atom is -0.394 e. The second-order valence-electron chi connectivity index (χ2n) is 12.9. The maximum atomic E-state index is 14.2. The predicted octanol–water partition coefficient (Wildman–Crippen LogP) is 4.34. The molecule has 0 saturated carbocycles. The van der Waals surface area contributed by atoms with Gasteiger partial charge in [-0.25, -0.2) is 22.8 Å². The van der Waals surface area contributed by atoms with Gasteiger partial charge in [0.1, 0.15) is 6.10 Å². The molecule has 0 radical (unpaired) electrons. The van der Waals surface area contributed by atoms with Gasteiger partial charge in [0.05, 0.1) is 66.0 Å². The summed E-state index contributed by atoms with van der Waals surface area (Å²) in [5.41, 5.74) is 0.160. The molecular formula is C33H38NO23P5. The fourth-order valence-corrected chi connectivity index (χ4v) is 9.84. The number of nitrogens with zero attached hydrogens (tertiary/aromatic N) is 1. The largest absolute Gasteiger partial charge is 0.472 e. The molecule has 1 aliphatic heterocycles. The average Bonchev–Trinajstić information content (AvgIpc) is 3.20. The second-order valence-corrected chi connectivity index (χ2v) is 20.0. The lowest BCUT2D eigenvalue weighted by Gasteiger charge is -2.31. The van der Waals surface area contributed by atoms with E-state index in [1.54, 1.807) is 12.1 Å². The van der Waals surface area contributed by atoms with Crippen molar-refractivity contribution in [3.05, 3.63) is 71.8 Å². The van der Waals surface area contributed by atoms with Crippen molar-refractivity contribution in [3.63, 3.8) is 0 Å². The van der Waals surface area contributed by atoms with Gasteiger partial charge < -0.3 is 34.5 Å². The number of imide groups is 1. The maximum absolute atomic E-state index is 14.2. The molecule has 29 heteroatoms. The van der Waals surface area contributed by atoms with Gasteiger partial charge >= 0.3 is 39.1 Å². The van der Waals surface area contributed by atoms with Crippen LogP contribution in [0.5, 0.6) is 0 Å². The number of hydrogen-bond acceptors (Lipinski definition) is 17.